The minimum Gasteiger partial charge on any atom is -0.493 e. The monoisotopic (exact) mass is 366 g/mol. The Morgan fingerprint density at radius 3 is 2.75 bits per heavy atom. The van der Waals surface area contributed by atoms with Gasteiger partial charge < -0.3 is 10.1 Å². The van der Waals surface area contributed by atoms with E-state index in [2.05, 4.69) is 22.2 Å². The number of nitrogens with one attached hydrogen (secondary N) is 2. The molecule has 0 amide bonds. The summed E-state index contributed by atoms with van der Waals surface area (Å²) < 4.78 is 33.1. The molecule has 2 aromatic rings. The molecule has 2 heterocycles. The number of fused-ring (bicyclic) bond motifs is 2. The summed E-state index contributed by atoms with van der Waals surface area (Å²) in [5, 5.41) is 3.29. The zero-order valence-electron chi connectivity index (χ0n) is 13.0. The van der Waals surface area contributed by atoms with Gasteiger partial charge in [-0.3, -0.25) is 0 Å². The fraction of sp³-hybridized carbons (Fsp3) is 0.294. The first-order valence-electron chi connectivity index (χ1n) is 7.69. The maximum absolute atomic E-state index is 12.5. The third-order valence-corrected chi connectivity index (χ3v) is 5.74. The molecule has 0 atom stereocenters. The van der Waals surface area contributed by atoms with Crippen LogP contribution in [-0.2, 0) is 36.1 Å². The quantitative estimate of drug-likeness (QED) is 0.869. The van der Waals surface area contributed by atoms with Gasteiger partial charge in [0, 0.05) is 26.1 Å². The van der Waals surface area contributed by atoms with Crippen LogP contribution in [0.1, 0.15) is 22.3 Å². The van der Waals surface area contributed by atoms with Crippen LogP contribution in [0.2, 0.25) is 0 Å². The van der Waals surface area contributed by atoms with E-state index in [1.165, 1.54) is 11.1 Å². The summed E-state index contributed by atoms with van der Waals surface area (Å²) in [5.41, 5.74) is 4.46. The van der Waals surface area contributed by atoms with Gasteiger partial charge in [0.2, 0.25) is 10.0 Å². The van der Waals surface area contributed by atoms with Crippen LogP contribution in [0.5, 0.6) is 5.75 Å². The maximum atomic E-state index is 12.5. The van der Waals surface area contributed by atoms with Crippen molar-refractivity contribution in [3.8, 4) is 5.75 Å². The number of hydrogen-bond donors (Lipinski definition) is 2. The molecule has 0 bridgehead atoms. The number of hydrogen-bond acceptors (Lipinski definition) is 4. The standard InChI is InChI=1S/C17H18N2O3S.ClH/c20-23(21,16-3-4-17-13(8-16)5-6-22-17)19-9-12-1-2-14-10-18-11-15(14)7-12;/h1-4,7-8,18-19H,5-6,9-11H2;1H. The molecule has 2 aliphatic rings. The van der Waals surface area contributed by atoms with E-state index in [1.54, 1.807) is 18.2 Å². The van der Waals surface area contributed by atoms with Crippen molar-refractivity contribution < 1.29 is 13.2 Å². The highest BCUT2D eigenvalue weighted by Gasteiger charge is 2.19. The molecule has 0 unspecified atom stereocenters. The normalized spacial score (nSPS) is 15.3. The molecule has 5 nitrogen and oxygen atoms in total. The first-order valence-corrected chi connectivity index (χ1v) is 9.17. The van der Waals surface area contributed by atoms with Gasteiger partial charge in [0.25, 0.3) is 0 Å². The highest BCUT2D eigenvalue weighted by Crippen LogP contribution is 2.27. The van der Waals surface area contributed by atoms with Gasteiger partial charge in [0.1, 0.15) is 5.75 Å². The van der Waals surface area contributed by atoms with E-state index in [4.69, 9.17) is 4.74 Å². The molecule has 2 N–H and O–H groups in total. The van der Waals surface area contributed by atoms with E-state index in [-0.39, 0.29) is 12.4 Å². The van der Waals surface area contributed by atoms with Gasteiger partial charge in [-0.1, -0.05) is 18.2 Å². The van der Waals surface area contributed by atoms with Crippen molar-refractivity contribution in [2.24, 2.45) is 0 Å². The number of rotatable bonds is 4. The van der Waals surface area contributed by atoms with Crippen LogP contribution in [0.15, 0.2) is 41.3 Å². The molecule has 7 heteroatoms. The molecule has 4 rings (SSSR count). The van der Waals surface area contributed by atoms with E-state index in [0.717, 1.165) is 36.4 Å². The third kappa shape index (κ3) is 3.28. The zero-order chi connectivity index (χ0) is 15.9. The average molecular weight is 367 g/mol. The lowest BCUT2D eigenvalue weighted by molar-refractivity contribution is 0.356. The molecular formula is C17H19ClN2O3S. The summed E-state index contributed by atoms with van der Waals surface area (Å²) in [6.45, 7) is 2.65. The molecule has 2 aliphatic heterocycles. The van der Waals surface area contributed by atoms with Crippen molar-refractivity contribution >= 4 is 22.4 Å². The number of ether oxygens (including phenoxy) is 1. The van der Waals surface area contributed by atoms with Crippen LogP contribution in [0, 0.1) is 0 Å². The lowest BCUT2D eigenvalue weighted by atomic mass is 10.1. The van der Waals surface area contributed by atoms with Crippen molar-refractivity contribution in [1.82, 2.24) is 10.0 Å². The minimum atomic E-state index is -3.52. The Labute approximate surface area is 147 Å². The summed E-state index contributed by atoms with van der Waals surface area (Å²) in [5.74, 6) is 0.787. The maximum Gasteiger partial charge on any atom is 0.240 e. The smallest absolute Gasteiger partial charge is 0.240 e. The van der Waals surface area contributed by atoms with Crippen molar-refractivity contribution in [3.05, 3.63) is 58.7 Å². The van der Waals surface area contributed by atoms with Crippen LogP contribution in [0.4, 0.5) is 0 Å². The van der Waals surface area contributed by atoms with E-state index < -0.39 is 10.0 Å². The molecule has 0 aromatic heterocycles. The Morgan fingerprint density at radius 2 is 1.88 bits per heavy atom. The van der Waals surface area contributed by atoms with Crippen molar-refractivity contribution in [3.63, 3.8) is 0 Å². The van der Waals surface area contributed by atoms with Gasteiger partial charge in [-0.15, -0.1) is 12.4 Å². The Kier molecular flexibility index (Phi) is 4.83. The summed E-state index contributed by atoms with van der Waals surface area (Å²) in [7, 11) is -3.52. The first kappa shape index (κ1) is 17.2. The summed E-state index contributed by atoms with van der Waals surface area (Å²) in [6.07, 6.45) is 0.760. The van der Waals surface area contributed by atoms with E-state index in [1.807, 2.05) is 6.07 Å². The number of halogens is 1. The Morgan fingerprint density at radius 1 is 1.04 bits per heavy atom. The van der Waals surface area contributed by atoms with Crippen molar-refractivity contribution in [2.75, 3.05) is 6.61 Å². The van der Waals surface area contributed by atoms with Gasteiger partial charge in [0.15, 0.2) is 0 Å². The fourth-order valence-electron chi connectivity index (χ4n) is 3.05. The molecule has 0 fully saturated rings. The van der Waals surface area contributed by atoms with Crippen LogP contribution in [0.3, 0.4) is 0 Å². The number of benzene rings is 2. The second-order valence-electron chi connectivity index (χ2n) is 5.90. The largest absolute Gasteiger partial charge is 0.493 e. The average Bonchev–Trinajstić information content (AvgIpc) is 3.20. The van der Waals surface area contributed by atoms with Crippen LogP contribution in [-0.4, -0.2) is 15.0 Å². The molecule has 0 saturated carbocycles. The highest BCUT2D eigenvalue weighted by atomic mass is 35.5. The molecule has 0 radical (unpaired) electrons. The lowest BCUT2D eigenvalue weighted by Crippen LogP contribution is -2.23. The number of sulfonamides is 1. The predicted molar refractivity (Wildman–Crippen MR) is 93.9 cm³/mol. The van der Waals surface area contributed by atoms with Crippen LogP contribution in [0.25, 0.3) is 0 Å². The van der Waals surface area contributed by atoms with Crippen LogP contribution >= 0.6 is 12.4 Å². The zero-order valence-corrected chi connectivity index (χ0v) is 14.7. The highest BCUT2D eigenvalue weighted by molar-refractivity contribution is 7.89. The second kappa shape index (κ2) is 6.72. The topological polar surface area (TPSA) is 67.4 Å². The van der Waals surface area contributed by atoms with E-state index in [0.29, 0.717) is 18.0 Å². The first-order chi connectivity index (χ1) is 11.1. The van der Waals surface area contributed by atoms with Gasteiger partial charge in [-0.05, 0) is 40.5 Å². The third-order valence-electron chi connectivity index (χ3n) is 4.34. The summed E-state index contributed by atoms with van der Waals surface area (Å²) in [4.78, 5) is 0.296. The minimum absolute atomic E-state index is 0. The molecule has 24 heavy (non-hydrogen) atoms. The van der Waals surface area contributed by atoms with Crippen molar-refractivity contribution in [2.45, 2.75) is 31.0 Å². The Balaban J connectivity index is 0.00000169. The molecule has 2 aromatic carbocycles. The van der Waals surface area contributed by atoms with Gasteiger partial charge in [-0.25, -0.2) is 13.1 Å². The predicted octanol–water partition coefficient (Wildman–Crippen LogP) is 2.12. The van der Waals surface area contributed by atoms with Crippen LogP contribution < -0.4 is 14.8 Å². The fourth-order valence-corrected chi connectivity index (χ4v) is 4.12. The lowest BCUT2D eigenvalue weighted by Gasteiger charge is -2.09. The molecular weight excluding hydrogens is 348 g/mol. The Hall–Kier alpha value is -1.60. The molecule has 0 saturated heterocycles. The van der Waals surface area contributed by atoms with E-state index >= 15 is 0 Å². The molecule has 0 spiro atoms. The molecule has 0 aliphatic carbocycles. The van der Waals surface area contributed by atoms with Gasteiger partial charge in [-0.2, -0.15) is 0 Å². The second-order valence-corrected chi connectivity index (χ2v) is 7.67. The van der Waals surface area contributed by atoms with Crippen molar-refractivity contribution in [1.29, 1.82) is 0 Å². The van der Waals surface area contributed by atoms with E-state index in [9.17, 15) is 8.42 Å². The molecule has 128 valence electrons. The summed E-state index contributed by atoms with van der Waals surface area (Å²) in [6, 6.07) is 11.1. The SMILES string of the molecule is Cl.O=S(=O)(NCc1ccc2c(c1)CNC2)c1ccc2c(c1)CCO2. The summed E-state index contributed by atoms with van der Waals surface area (Å²) >= 11 is 0. The van der Waals surface area contributed by atoms with Gasteiger partial charge in [0.05, 0.1) is 11.5 Å². The Bertz CT molecular complexity index is 868. The van der Waals surface area contributed by atoms with Gasteiger partial charge >= 0.3 is 0 Å².